The quantitative estimate of drug-likeness (QED) is 0.853. The molecule has 0 radical (unpaired) electrons. The normalized spacial score (nSPS) is 17.1. The van der Waals surface area contributed by atoms with Gasteiger partial charge < -0.3 is 10.1 Å². The minimum Gasteiger partial charge on any atom is -0.475 e. The number of anilines is 1. The number of hydrogen-bond donors (Lipinski definition) is 1. The van der Waals surface area contributed by atoms with Crippen LogP contribution in [0.4, 0.5) is 10.2 Å². The summed E-state index contributed by atoms with van der Waals surface area (Å²) in [4.78, 5) is 4.04. The van der Waals surface area contributed by atoms with Crippen molar-refractivity contribution in [1.82, 2.24) is 14.8 Å². The second-order valence-corrected chi connectivity index (χ2v) is 7.00. The molecule has 24 heavy (non-hydrogen) atoms. The Hall–Kier alpha value is -2.11. The van der Waals surface area contributed by atoms with Crippen LogP contribution >= 0.6 is 0 Å². The highest BCUT2D eigenvalue weighted by Gasteiger charge is 2.28. The van der Waals surface area contributed by atoms with Crippen molar-refractivity contribution in [1.29, 1.82) is 0 Å². The zero-order chi connectivity index (χ0) is 17.4. The third-order valence-corrected chi connectivity index (χ3v) is 4.12. The first-order chi connectivity index (χ1) is 11.4. The largest absolute Gasteiger partial charge is 0.475 e. The summed E-state index contributed by atoms with van der Waals surface area (Å²) in [6.07, 6.45) is 1.06. The summed E-state index contributed by atoms with van der Waals surface area (Å²) >= 11 is 0. The molecule has 0 amide bonds. The number of aromatic nitrogens is 3. The number of rotatable bonds is 4. The molecule has 0 aliphatic carbocycles. The second-order valence-electron chi connectivity index (χ2n) is 7.00. The van der Waals surface area contributed by atoms with Crippen molar-refractivity contribution < 1.29 is 9.13 Å². The summed E-state index contributed by atoms with van der Waals surface area (Å²) in [5.41, 5.74) is 2.01. The zero-order valence-corrected chi connectivity index (χ0v) is 14.9. The molecule has 3 heterocycles. The van der Waals surface area contributed by atoms with E-state index in [-0.39, 0.29) is 18.1 Å². The summed E-state index contributed by atoms with van der Waals surface area (Å²) in [5, 5.41) is 7.73. The van der Waals surface area contributed by atoms with Crippen LogP contribution in [0.15, 0.2) is 12.1 Å². The second kappa shape index (κ2) is 6.42. The fourth-order valence-corrected chi connectivity index (χ4v) is 3.00. The Labute approximate surface area is 142 Å². The van der Waals surface area contributed by atoms with Gasteiger partial charge >= 0.3 is 0 Å². The lowest BCUT2D eigenvalue weighted by atomic mass is 9.99. The van der Waals surface area contributed by atoms with Gasteiger partial charge in [-0.1, -0.05) is 13.8 Å². The minimum atomic E-state index is -0.508. The molecule has 130 valence electrons. The molecule has 0 bridgehead atoms. The van der Waals surface area contributed by atoms with Gasteiger partial charge in [0.05, 0.1) is 11.7 Å². The molecule has 2 aromatic heterocycles. The van der Waals surface area contributed by atoms with E-state index in [1.807, 2.05) is 18.5 Å². The average Bonchev–Trinajstić information content (AvgIpc) is 2.84. The number of nitrogens with zero attached hydrogens (tertiary/aromatic N) is 3. The molecule has 5 nitrogen and oxygen atoms in total. The molecule has 3 rings (SSSR count). The van der Waals surface area contributed by atoms with Crippen molar-refractivity contribution in [3.05, 3.63) is 23.6 Å². The van der Waals surface area contributed by atoms with Crippen LogP contribution in [-0.2, 0) is 6.54 Å². The first kappa shape index (κ1) is 16.7. The third-order valence-electron chi connectivity index (χ3n) is 4.12. The SMILES string of the molecule is CC(C)Nc1ccc(-c2nn3c(c2C(C)C)O[C@@H](C)CC3)c(F)n1. The zero-order valence-electron chi connectivity index (χ0n) is 14.9. The van der Waals surface area contributed by atoms with Gasteiger partial charge in [0.2, 0.25) is 11.8 Å². The Bertz CT molecular complexity index is 739. The van der Waals surface area contributed by atoms with Gasteiger partial charge in [-0.15, -0.1) is 0 Å². The van der Waals surface area contributed by atoms with Crippen molar-refractivity contribution in [3.63, 3.8) is 0 Å². The van der Waals surface area contributed by atoms with E-state index in [0.29, 0.717) is 17.1 Å². The molecule has 0 fully saturated rings. The van der Waals surface area contributed by atoms with Crippen molar-refractivity contribution >= 4 is 5.82 Å². The first-order valence-electron chi connectivity index (χ1n) is 8.57. The Morgan fingerprint density at radius 1 is 1.29 bits per heavy atom. The van der Waals surface area contributed by atoms with Gasteiger partial charge in [0, 0.05) is 24.6 Å². The summed E-state index contributed by atoms with van der Waals surface area (Å²) in [5.74, 6) is 0.974. The molecule has 1 aliphatic rings. The van der Waals surface area contributed by atoms with Crippen molar-refractivity contribution in [2.24, 2.45) is 0 Å². The van der Waals surface area contributed by atoms with Gasteiger partial charge in [-0.25, -0.2) is 9.67 Å². The van der Waals surface area contributed by atoms with E-state index in [1.54, 1.807) is 12.1 Å². The van der Waals surface area contributed by atoms with Crippen LogP contribution in [0.25, 0.3) is 11.3 Å². The molecule has 6 heteroatoms. The topological polar surface area (TPSA) is 52.0 Å². The molecule has 0 saturated heterocycles. The highest BCUT2D eigenvalue weighted by atomic mass is 19.1. The number of hydrogen-bond acceptors (Lipinski definition) is 4. The standard InChI is InChI=1S/C18H25FN4O/c1-10(2)15-16(22-23-9-8-12(5)24-18(15)23)13-6-7-14(20-11(3)4)21-17(13)19/h6-7,10-12H,8-9H2,1-5H3,(H,20,21)/t12-/m0/s1. The maximum absolute atomic E-state index is 14.6. The van der Waals surface area contributed by atoms with Crippen molar-refractivity contribution in [2.75, 3.05) is 5.32 Å². The molecule has 0 spiro atoms. The maximum atomic E-state index is 14.6. The fraction of sp³-hybridized carbons (Fsp3) is 0.556. The minimum absolute atomic E-state index is 0.153. The average molecular weight is 332 g/mol. The predicted octanol–water partition coefficient (Wildman–Crippen LogP) is 4.20. The monoisotopic (exact) mass is 332 g/mol. The maximum Gasteiger partial charge on any atom is 0.224 e. The van der Waals surface area contributed by atoms with E-state index in [2.05, 4.69) is 36.2 Å². The van der Waals surface area contributed by atoms with Gasteiger partial charge in [-0.2, -0.15) is 9.49 Å². The third kappa shape index (κ3) is 3.09. The Morgan fingerprint density at radius 3 is 2.67 bits per heavy atom. The van der Waals surface area contributed by atoms with Crippen LogP contribution < -0.4 is 10.1 Å². The van der Waals surface area contributed by atoms with Crippen LogP contribution in [-0.4, -0.2) is 26.9 Å². The molecule has 0 saturated carbocycles. The lowest BCUT2D eigenvalue weighted by Crippen LogP contribution is -2.23. The fourth-order valence-electron chi connectivity index (χ4n) is 3.00. The molecule has 1 atom stereocenters. The number of aryl methyl sites for hydroxylation is 1. The van der Waals surface area contributed by atoms with Gasteiger partial charge in [-0.3, -0.25) is 0 Å². The highest BCUT2D eigenvalue weighted by Crippen LogP contribution is 2.39. The number of halogens is 1. The summed E-state index contributed by atoms with van der Waals surface area (Å²) in [6, 6.07) is 3.74. The van der Waals surface area contributed by atoms with Crippen LogP contribution in [0.1, 0.15) is 52.5 Å². The summed E-state index contributed by atoms with van der Waals surface area (Å²) < 4.78 is 22.5. The van der Waals surface area contributed by atoms with E-state index in [9.17, 15) is 4.39 Å². The van der Waals surface area contributed by atoms with Gasteiger partial charge in [0.25, 0.3) is 0 Å². The molecule has 1 N–H and O–H groups in total. The van der Waals surface area contributed by atoms with E-state index < -0.39 is 5.95 Å². The van der Waals surface area contributed by atoms with E-state index >= 15 is 0 Å². The Morgan fingerprint density at radius 2 is 2.04 bits per heavy atom. The highest BCUT2D eigenvalue weighted by molar-refractivity contribution is 5.67. The van der Waals surface area contributed by atoms with Crippen LogP contribution in [0.3, 0.4) is 0 Å². The van der Waals surface area contributed by atoms with Crippen LogP contribution in [0.5, 0.6) is 5.88 Å². The van der Waals surface area contributed by atoms with E-state index in [1.165, 1.54) is 0 Å². The molecular weight excluding hydrogens is 307 g/mol. The van der Waals surface area contributed by atoms with Gasteiger partial charge in [0.15, 0.2) is 0 Å². The molecule has 0 unspecified atom stereocenters. The summed E-state index contributed by atoms with van der Waals surface area (Å²) in [6.45, 7) is 11.0. The van der Waals surface area contributed by atoms with Crippen LogP contribution in [0, 0.1) is 5.95 Å². The predicted molar refractivity (Wildman–Crippen MR) is 93.0 cm³/mol. The number of ether oxygens (including phenoxy) is 1. The lowest BCUT2D eigenvalue weighted by Gasteiger charge is -2.23. The molecule has 1 aliphatic heterocycles. The molecular formula is C18H25FN4O. The van der Waals surface area contributed by atoms with Crippen molar-refractivity contribution in [2.45, 2.75) is 65.6 Å². The Kier molecular flexibility index (Phi) is 4.47. The lowest BCUT2D eigenvalue weighted by molar-refractivity contribution is 0.147. The molecule has 2 aromatic rings. The smallest absolute Gasteiger partial charge is 0.224 e. The van der Waals surface area contributed by atoms with E-state index in [0.717, 1.165) is 24.4 Å². The molecule has 0 aromatic carbocycles. The van der Waals surface area contributed by atoms with Crippen molar-refractivity contribution in [3.8, 4) is 17.1 Å². The number of fused-ring (bicyclic) bond motifs is 1. The summed E-state index contributed by atoms with van der Waals surface area (Å²) in [7, 11) is 0. The van der Waals surface area contributed by atoms with E-state index in [4.69, 9.17) is 4.74 Å². The van der Waals surface area contributed by atoms with Gasteiger partial charge in [-0.05, 0) is 38.8 Å². The number of nitrogens with one attached hydrogen (secondary N) is 1. The van der Waals surface area contributed by atoms with Crippen LogP contribution in [0.2, 0.25) is 0 Å². The van der Waals surface area contributed by atoms with Gasteiger partial charge in [0.1, 0.15) is 11.5 Å². The first-order valence-corrected chi connectivity index (χ1v) is 8.57. The number of pyridine rings is 1. The Balaban J connectivity index is 2.06.